The van der Waals surface area contributed by atoms with E-state index in [1.165, 1.54) is 0 Å². The maximum absolute atomic E-state index is 11.7. The predicted octanol–water partition coefficient (Wildman–Crippen LogP) is 0.971. The van der Waals surface area contributed by atoms with Crippen LogP contribution in [0.25, 0.3) is 0 Å². The second-order valence-corrected chi connectivity index (χ2v) is 5.69. The average molecular weight is 422 g/mol. The van der Waals surface area contributed by atoms with Crippen LogP contribution in [-0.2, 0) is 11.3 Å². The van der Waals surface area contributed by atoms with E-state index in [-0.39, 0.29) is 42.0 Å². The van der Waals surface area contributed by atoms with E-state index in [9.17, 15) is 4.79 Å². The van der Waals surface area contributed by atoms with Gasteiger partial charge in [0.25, 0.3) is 0 Å². The first-order valence-electron chi connectivity index (χ1n) is 7.21. The van der Waals surface area contributed by atoms with E-state index < -0.39 is 0 Å². The van der Waals surface area contributed by atoms with E-state index in [4.69, 9.17) is 0 Å². The lowest BCUT2D eigenvalue weighted by Crippen LogP contribution is -2.43. The third kappa shape index (κ3) is 9.59. The topological polar surface area (TPSA) is 83.3 Å². The van der Waals surface area contributed by atoms with E-state index >= 15 is 0 Å². The Labute approximate surface area is 149 Å². The lowest BCUT2D eigenvalue weighted by molar-refractivity contribution is -0.121. The summed E-state index contributed by atoms with van der Waals surface area (Å²) in [5.74, 6) is 0.542. The summed E-state index contributed by atoms with van der Waals surface area (Å²) in [5.41, 5.74) is -0.238. The van der Waals surface area contributed by atoms with Crippen molar-refractivity contribution in [3.8, 4) is 0 Å². The van der Waals surface area contributed by atoms with Crippen LogP contribution in [0.4, 0.5) is 0 Å². The zero-order valence-electron chi connectivity index (χ0n) is 13.7. The maximum atomic E-state index is 11.7. The van der Waals surface area contributed by atoms with Crippen molar-refractivity contribution in [2.75, 3.05) is 19.6 Å². The van der Waals surface area contributed by atoms with Crippen molar-refractivity contribution < 1.29 is 4.79 Å². The molecular formula is C14H27IN6O. The van der Waals surface area contributed by atoms with Gasteiger partial charge in [-0.3, -0.25) is 9.48 Å². The summed E-state index contributed by atoms with van der Waals surface area (Å²) in [5, 5.41) is 13.3. The monoisotopic (exact) mass is 422 g/mol. The minimum absolute atomic E-state index is 0. The number of halogens is 1. The third-order valence-corrected chi connectivity index (χ3v) is 2.43. The molecule has 0 unspecified atom stereocenters. The first kappa shape index (κ1) is 20.7. The maximum Gasteiger partial charge on any atom is 0.242 e. The second kappa shape index (κ2) is 10.4. The summed E-state index contributed by atoms with van der Waals surface area (Å²) in [4.78, 5) is 16.0. The van der Waals surface area contributed by atoms with E-state index in [2.05, 4.69) is 26.0 Å². The number of nitrogens with zero attached hydrogens (tertiary/aromatic N) is 3. The van der Waals surface area contributed by atoms with Gasteiger partial charge in [-0.15, -0.1) is 24.0 Å². The van der Waals surface area contributed by atoms with Gasteiger partial charge in [0, 0.05) is 31.0 Å². The van der Waals surface area contributed by atoms with E-state index in [0.29, 0.717) is 12.5 Å². The fourth-order valence-electron chi connectivity index (χ4n) is 1.67. The van der Waals surface area contributed by atoms with Crippen LogP contribution in [0.2, 0.25) is 0 Å². The minimum atomic E-state index is -0.238. The Morgan fingerprint density at radius 2 is 2.05 bits per heavy atom. The average Bonchev–Trinajstić information content (AvgIpc) is 2.87. The number of guanidine groups is 1. The molecule has 1 heterocycles. The largest absolute Gasteiger partial charge is 0.357 e. The summed E-state index contributed by atoms with van der Waals surface area (Å²) in [6, 6.07) is 1.89. The molecule has 0 bridgehead atoms. The summed E-state index contributed by atoms with van der Waals surface area (Å²) < 4.78 is 1.84. The Morgan fingerprint density at radius 3 is 2.59 bits per heavy atom. The molecule has 0 saturated carbocycles. The predicted molar refractivity (Wildman–Crippen MR) is 99.5 cm³/mol. The number of aliphatic imine (C=N–C) groups is 1. The quantitative estimate of drug-likeness (QED) is 0.363. The summed E-state index contributed by atoms with van der Waals surface area (Å²) in [7, 11) is 0. The fraction of sp³-hybridized carbons (Fsp3) is 0.643. The van der Waals surface area contributed by atoms with Crippen LogP contribution < -0.4 is 16.0 Å². The van der Waals surface area contributed by atoms with E-state index in [0.717, 1.165) is 13.1 Å². The molecule has 1 amide bonds. The van der Waals surface area contributed by atoms with Gasteiger partial charge in [-0.05, 0) is 33.8 Å². The van der Waals surface area contributed by atoms with Crippen LogP contribution in [0.1, 0.15) is 27.7 Å². The number of hydrogen-bond donors (Lipinski definition) is 3. The van der Waals surface area contributed by atoms with Crippen molar-refractivity contribution in [2.24, 2.45) is 4.99 Å². The summed E-state index contributed by atoms with van der Waals surface area (Å²) in [6.45, 7) is 10.1. The highest BCUT2D eigenvalue weighted by atomic mass is 127. The Hall–Kier alpha value is -1.32. The van der Waals surface area contributed by atoms with Crippen LogP contribution in [0.3, 0.4) is 0 Å². The lowest BCUT2D eigenvalue weighted by atomic mass is 10.1. The van der Waals surface area contributed by atoms with Crippen molar-refractivity contribution in [3.63, 3.8) is 0 Å². The molecule has 1 aromatic rings. The highest BCUT2D eigenvalue weighted by Crippen LogP contribution is 1.97. The van der Waals surface area contributed by atoms with Crippen molar-refractivity contribution >= 4 is 35.8 Å². The standard InChI is InChI=1S/C14H26N6O.HI/c1-5-15-13(16-8-10-20-9-6-7-18-20)17-11-12(21)19-14(2,3)4;/h6-7,9H,5,8,10-11H2,1-4H3,(H,19,21)(H2,15,16,17);1H. The van der Waals surface area contributed by atoms with E-state index in [1.54, 1.807) is 6.20 Å². The fourth-order valence-corrected chi connectivity index (χ4v) is 1.67. The Bertz CT molecular complexity index is 452. The Morgan fingerprint density at radius 1 is 1.32 bits per heavy atom. The van der Waals surface area contributed by atoms with Gasteiger partial charge in [-0.2, -0.15) is 5.10 Å². The number of aromatic nitrogens is 2. The first-order chi connectivity index (χ1) is 9.90. The third-order valence-electron chi connectivity index (χ3n) is 2.43. The molecule has 7 nitrogen and oxygen atoms in total. The summed E-state index contributed by atoms with van der Waals surface area (Å²) in [6.07, 6.45) is 3.65. The van der Waals surface area contributed by atoms with Gasteiger partial charge in [0.1, 0.15) is 6.54 Å². The van der Waals surface area contributed by atoms with Crippen molar-refractivity contribution in [2.45, 2.75) is 39.8 Å². The minimum Gasteiger partial charge on any atom is -0.357 e. The SMILES string of the molecule is CCNC(=NCC(=O)NC(C)(C)C)NCCn1cccn1.I. The number of amides is 1. The molecule has 3 N–H and O–H groups in total. The van der Waals surface area contributed by atoms with Crippen molar-refractivity contribution in [1.82, 2.24) is 25.7 Å². The number of carbonyl (C=O) groups is 1. The number of hydrogen-bond acceptors (Lipinski definition) is 3. The zero-order valence-corrected chi connectivity index (χ0v) is 16.0. The van der Waals surface area contributed by atoms with Gasteiger partial charge in [0.2, 0.25) is 5.91 Å². The molecule has 0 spiro atoms. The van der Waals surface area contributed by atoms with Crippen LogP contribution in [-0.4, -0.2) is 46.8 Å². The van der Waals surface area contributed by atoms with Gasteiger partial charge < -0.3 is 16.0 Å². The molecule has 0 aliphatic rings. The highest BCUT2D eigenvalue weighted by molar-refractivity contribution is 14.0. The zero-order chi connectivity index (χ0) is 15.7. The van der Waals surface area contributed by atoms with Gasteiger partial charge >= 0.3 is 0 Å². The smallest absolute Gasteiger partial charge is 0.242 e. The highest BCUT2D eigenvalue weighted by Gasteiger charge is 2.13. The molecule has 0 saturated heterocycles. The molecule has 0 fully saturated rings. The molecule has 22 heavy (non-hydrogen) atoms. The van der Waals surface area contributed by atoms with Gasteiger partial charge in [-0.1, -0.05) is 0 Å². The number of nitrogens with one attached hydrogen (secondary N) is 3. The molecule has 0 aromatic carbocycles. The Balaban J connectivity index is 0.00000441. The normalized spacial score (nSPS) is 11.5. The van der Waals surface area contributed by atoms with Gasteiger partial charge in [0.15, 0.2) is 5.96 Å². The van der Waals surface area contributed by atoms with Crippen LogP contribution in [0.5, 0.6) is 0 Å². The van der Waals surface area contributed by atoms with Gasteiger partial charge in [0.05, 0.1) is 6.54 Å². The molecule has 8 heteroatoms. The molecular weight excluding hydrogens is 395 g/mol. The summed E-state index contributed by atoms with van der Waals surface area (Å²) >= 11 is 0. The Kier molecular flexibility index (Phi) is 9.79. The van der Waals surface area contributed by atoms with Crippen molar-refractivity contribution in [3.05, 3.63) is 18.5 Å². The van der Waals surface area contributed by atoms with E-state index in [1.807, 2.05) is 44.6 Å². The van der Waals surface area contributed by atoms with Crippen molar-refractivity contribution in [1.29, 1.82) is 0 Å². The molecule has 0 atom stereocenters. The molecule has 1 rings (SSSR count). The molecule has 0 aliphatic heterocycles. The molecule has 0 radical (unpaired) electrons. The van der Waals surface area contributed by atoms with Crippen LogP contribution in [0.15, 0.2) is 23.5 Å². The lowest BCUT2D eigenvalue weighted by Gasteiger charge is -2.20. The first-order valence-corrected chi connectivity index (χ1v) is 7.21. The number of carbonyl (C=O) groups excluding carboxylic acids is 1. The van der Waals surface area contributed by atoms with Crippen LogP contribution >= 0.6 is 24.0 Å². The molecule has 126 valence electrons. The molecule has 0 aliphatic carbocycles. The van der Waals surface area contributed by atoms with Crippen LogP contribution in [0, 0.1) is 0 Å². The van der Waals surface area contributed by atoms with Gasteiger partial charge in [-0.25, -0.2) is 4.99 Å². The molecule has 1 aromatic heterocycles. The number of rotatable bonds is 6. The second-order valence-electron chi connectivity index (χ2n) is 5.69.